The number of rotatable bonds is 7. The van der Waals surface area contributed by atoms with Gasteiger partial charge in [-0.05, 0) is 55.3 Å². The molecule has 0 aliphatic heterocycles. The van der Waals surface area contributed by atoms with Gasteiger partial charge in [-0.2, -0.15) is 0 Å². The Balaban J connectivity index is 2.37. The number of halogens is 2. The highest BCUT2D eigenvalue weighted by atomic mass is 35.5. The molecule has 0 spiro atoms. The van der Waals surface area contributed by atoms with Crippen molar-refractivity contribution in [1.29, 1.82) is 0 Å². The van der Waals surface area contributed by atoms with Crippen LogP contribution in [0.3, 0.4) is 0 Å². The summed E-state index contributed by atoms with van der Waals surface area (Å²) >= 11 is 6.11. The molecule has 0 radical (unpaired) electrons. The molecule has 5 nitrogen and oxygen atoms in total. The normalized spacial score (nSPS) is 11.5. The van der Waals surface area contributed by atoms with Crippen LogP contribution >= 0.6 is 11.6 Å². The molecular formula is C19H22ClFN2O3S. The summed E-state index contributed by atoms with van der Waals surface area (Å²) in [5.41, 5.74) is 0.395. The number of amides is 1. The summed E-state index contributed by atoms with van der Waals surface area (Å²) in [6, 6.07) is 9.05. The SMILES string of the molecule is CCC(CC)NC(=O)c1cc(S(=O)(=O)N(C)c2ccc(F)cc2)ccc1Cl. The molecule has 0 unspecified atom stereocenters. The number of nitrogens with one attached hydrogen (secondary N) is 1. The van der Waals surface area contributed by atoms with Crippen molar-refractivity contribution in [1.82, 2.24) is 5.32 Å². The van der Waals surface area contributed by atoms with Crippen LogP contribution in [0.15, 0.2) is 47.4 Å². The Morgan fingerprint density at radius 2 is 1.74 bits per heavy atom. The fourth-order valence-electron chi connectivity index (χ4n) is 2.54. The molecule has 0 bridgehead atoms. The topological polar surface area (TPSA) is 66.5 Å². The Morgan fingerprint density at radius 3 is 2.30 bits per heavy atom. The van der Waals surface area contributed by atoms with Crippen LogP contribution < -0.4 is 9.62 Å². The lowest BCUT2D eigenvalue weighted by Crippen LogP contribution is -2.34. The van der Waals surface area contributed by atoms with E-state index in [1.165, 1.54) is 49.5 Å². The van der Waals surface area contributed by atoms with Crippen LogP contribution in [-0.4, -0.2) is 27.4 Å². The summed E-state index contributed by atoms with van der Waals surface area (Å²) in [4.78, 5) is 12.4. The van der Waals surface area contributed by atoms with Crippen molar-refractivity contribution in [3.8, 4) is 0 Å². The molecule has 8 heteroatoms. The molecule has 2 aromatic carbocycles. The first-order chi connectivity index (χ1) is 12.7. The van der Waals surface area contributed by atoms with Crippen LogP contribution in [0.4, 0.5) is 10.1 Å². The van der Waals surface area contributed by atoms with Gasteiger partial charge in [-0.3, -0.25) is 9.10 Å². The van der Waals surface area contributed by atoms with Gasteiger partial charge < -0.3 is 5.32 Å². The molecule has 0 aromatic heterocycles. The predicted octanol–water partition coefficient (Wildman–Crippen LogP) is 4.22. The van der Waals surface area contributed by atoms with E-state index in [9.17, 15) is 17.6 Å². The van der Waals surface area contributed by atoms with Gasteiger partial charge in [-0.1, -0.05) is 25.4 Å². The molecule has 146 valence electrons. The fourth-order valence-corrected chi connectivity index (χ4v) is 3.97. The zero-order valence-corrected chi connectivity index (χ0v) is 16.9. The molecule has 0 atom stereocenters. The van der Waals surface area contributed by atoms with E-state index in [0.29, 0.717) is 5.69 Å². The third kappa shape index (κ3) is 4.78. The van der Waals surface area contributed by atoms with Gasteiger partial charge in [0.05, 0.1) is 21.2 Å². The number of hydrogen-bond acceptors (Lipinski definition) is 3. The maximum Gasteiger partial charge on any atom is 0.264 e. The van der Waals surface area contributed by atoms with E-state index in [2.05, 4.69) is 5.32 Å². The number of carbonyl (C=O) groups is 1. The predicted molar refractivity (Wildman–Crippen MR) is 105 cm³/mol. The average molecular weight is 413 g/mol. The summed E-state index contributed by atoms with van der Waals surface area (Å²) in [6.45, 7) is 3.91. The molecule has 1 N–H and O–H groups in total. The molecule has 27 heavy (non-hydrogen) atoms. The van der Waals surface area contributed by atoms with Gasteiger partial charge >= 0.3 is 0 Å². The first-order valence-electron chi connectivity index (χ1n) is 8.55. The van der Waals surface area contributed by atoms with E-state index in [4.69, 9.17) is 11.6 Å². The van der Waals surface area contributed by atoms with Gasteiger partial charge in [0, 0.05) is 13.1 Å². The number of sulfonamides is 1. The lowest BCUT2D eigenvalue weighted by atomic mass is 10.1. The highest BCUT2D eigenvalue weighted by molar-refractivity contribution is 7.92. The summed E-state index contributed by atoms with van der Waals surface area (Å²) in [6.07, 6.45) is 1.51. The van der Waals surface area contributed by atoms with Gasteiger partial charge in [0.2, 0.25) is 0 Å². The number of benzene rings is 2. The number of hydrogen-bond donors (Lipinski definition) is 1. The molecule has 0 aliphatic rings. The summed E-state index contributed by atoms with van der Waals surface area (Å²) in [7, 11) is -2.58. The zero-order chi connectivity index (χ0) is 20.2. The smallest absolute Gasteiger partial charge is 0.264 e. The highest BCUT2D eigenvalue weighted by Gasteiger charge is 2.24. The Morgan fingerprint density at radius 1 is 1.15 bits per heavy atom. The van der Waals surface area contributed by atoms with Crippen LogP contribution in [0, 0.1) is 5.82 Å². The first-order valence-corrected chi connectivity index (χ1v) is 10.4. The van der Waals surface area contributed by atoms with E-state index in [0.717, 1.165) is 17.1 Å². The highest BCUT2D eigenvalue weighted by Crippen LogP contribution is 2.26. The fraction of sp³-hybridized carbons (Fsp3) is 0.316. The van der Waals surface area contributed by atoms with E-state index >= 15 is 0 Å². The van der Waals surface area contributed by atoms with Gasteiger partial charge in [0.15, 0.2) is 0 Å². The van der Waals surface area contributed by atoms with Crippen molar-refractivity contribution >= 4 is 33.2 Å². The minimum absolute atomic E-state index is 0.0179. The van der Waals surface area contributed by atoms with Gasteiger partial charge in [-0.25, -0.2) is 12.8 Å². The van der Waals surface area contributed by atoms with Crippen molar-refractivity contribution in [2.45, 2.75) is 37.6 Å². The second-order valence-corrected chi connectivity index (χ2v) is 8.45. The first kappa shape index (κ1) is 21.2. The summed E-state index contributed by atoms with van der Waals surface area (Å²) in [5.74, 6) is -0.883. The second-order valence-electron chi connectivity index (χ2n) is 6.08. The van der Waals surface area contributed by atoms with Crippen LogP contribution in [0.5, 0.6) is 0 Å². The van der Waals surface area contributed by atoms with Crippen LogP contribution in [0.25, 0.3) is 0 Å². The maximum absolute atomic E-state index is 13.1. The van der Waals surface area contributed by atoms with Gasteiger partial charge in [0.1, 0.15) is 5.82 Å². The van der Waals surface area contributed by atoms with E-state index in [1.54, 1.807) is 0 Å². The largest absolute Gasteiger partial charge is 0.349 e. The standard InChI is InChI=1S/C19H22ClFN2O3S/c1-4-14(5-2)22-19(24)17-12-16(10-11-18(17)20)27(25,26)23(3)15-8-6-13(21)7-9-15/h6-12,14H,4-5H2,1-3H3,(H,22,24). The molecule has 2 aromatic rings. The van der Waals surface area contributed by atoms with Crippen molar-refractivity contribution < 1.29 is 17.6 Å². The van der Waals surface area contributed by atoms with Crippen LogP contribution in [-0.2, 0) is 10.0 Å². The Kier molecular flexibility index (Phi) is 6.84. The summed E-state index contributed by atoms with van der Waals surface area (Å²) < 4.78 is 39.9. The molecule has 0 heterocycles. The average Bonchev–Trinajstić information content (AvgIpc) is 2.66. The molecule has 0 fully saturated rings. The lowest BCUT2D eigenvalue weighted by Gasteiger charge is -2.20. The van der Waals surface area contributed by atoms with Gasteiger partial charge in [0.25, 0.3) is 15.9 Å². The Labute approximate surface area is 164 Å². The van der Waals surface area contributed by atoms with E-state index in [1.807, 2.05) is 13.8 Å². The minimum atomic E-state index is -3.95. The molecular weight excluding hydrogens is 391 g/mol. The van der Waals surface area contributed by atoms with Gasteiger partial charge in [-0.15, -0.1) is 0 Å². The molecule has 0 aliphatic carbocycles. The second kappa shape index (κ2) is 8.71. The van der Waals surface area contributed by atoms with Crippen LogP contribution in [0.1, 0.15) is 37.0 Å². The molecule has 2 rings (SSSR count). The molecule has 0 saturated heterocycles. The van der Waals surface area contributed by atoms with Crippen LogP contribution in [0.2, 0.25) is 5.02 Å². The van der Waals surface area contributed by atoms with Crippen molar-refractivity contribution in [2.24, 2.45) is 0 Å². The third-order valence-electron chi connectivity index (χ3n) is 4.35. The van der Waals surface area contributed by atoms with E-state index in [-0.39, 0.29) is 21.5 Å². The zero-order valence-electron chi connectivity index (χ0n) is 15.4. The van der Waals surface area contributed by atoms with Crippen molar-refractivity contribution in [2.75, 3.05) is 11.4 Å². The number of carbonyl (C=O) groups excluding carboxylic acids is 1. The Hall–Kier alpha value is -2.12. The quantitative estimate of drug-likeness (QED) is 0.740. The third-order valence-corrected chi connectivity index (χ3v) is 6.46. The minimum Gasteiger partial charge on any atom is -0.349 e. The monoisotopic (exact) mass is 412 g/mol. The molecule has 0 saturated carbocycles. The van der Waals surface area contributed by atoms with Crippen molar-refractivity contribution in [3.63, 3.8) is 0 Å². The summed E-state index contributed by atoms with van der Waals surface area (Å²) in [5, 5.41) is 3.01. The van der Waals surface area contributed by atoms with E-state index < -0.39 is 21.7 Å². The maximum atomic E-state index is 13.1. The lowest BCUT2D eigenvalue weighted by molar-refractivity contribution is 0.0935. The number of nitrogens with zero attached hydrogens (tertiary/aromatic N) is 1. The van der Waals surface area contributed by atoms with Crippen molar-refractivity contribution in [3.05, 3.63) is 58.9 Å². The Bertz CT molecular complexity index is 913. The number of anilines is 1. The molecule has 1 amide bonds.